The van der Waals surface area contributed by atoms with Crippen LogP contribution in [0.15, 0.2) is 47.3 Å². The number of carbonyl (C=O) groups is 1. The van der Waals surface area contributed by atoms with Crippen molar-refractivity contribution in [3.05, 3.63) is 63.5 Å². The third-order valence-corrected chi connectivity index (χ3v) is 4.20. The normalized spacial score (nSPS) is 12.8. The van der Waals surface area contributed by atoms with Crippen LogP contribution in [0.25, 0.3) is 5.69 Å². The zero-order valence-electron chi connectivity index (χ0n) is 13.5. The molecule has 0 fully saturated rings. The number of halogens is 1. The van der Waals surface area contributed by atoms with Crippen molar-refractivity contribution in [2.24, 2.45) is 0 Å². The molecule has 0 radical (unpaired) electrons. The first-order valence-electron chi connectivity index (χ1n) is 7.84. The van der Waals surface area contributed by atoms with Crippen LogP contribution in [-0.2, 0) is 6.54 Å². The first kappa shape index (κ1) is 16.3. The summed E-state index contributed by atoms with van der Waals surface area (Å²) in [5, 5.41) is 7.93. The predicted octanol–water partition coefficient (Wildman–Crippen LogP) is 1.74. The fourth-order valence-corrected chi connectivity index (χ4v) is 2.81. The molecule has 0 saturated carbocycles. The molecule has 4 rings (SSSR count). The summed E-state index contributed by atoms with van der Waals surface area (Å²) in [6, 6.07) is 11.7. The SMILES string of the molecule is O=C(Cn1nnn(-c2ccccc2Cl)c1=O)c1ccc2c(c1)OCCO2. The first-order valence-corrected chi connectivity index (χ1v) is 8.22. The van der Waals surface area contributed by atoms with Crippen molar-refractivity contribution >= 4 is 17.4 Å². The monoisotopic (exact) mass is 372 g/mol. The maximum absolute atomic E-state index is 12.5. The van der Waals surface area contributed by atoms with Crippen molar-refractivity contribution in [1.82, 2.24) is 19.8 Å². The topological polar surface area (TPSA) is 88.2 Å². The summed E-state index contributed by atoms with van der Waals surface area (Å²) in [6.45, 7) is 0.653. The minimum atomic E-state index is -0.552. The summed E-state index contributed by atoms with van der Waals surface area (Å²) >= 11 is 6.08. The van der Waals surface area contributed by atoms with Gasteiger partial charge in [0.1, 0.15) is 19.8 Å². The number of aromatic nitrogens is 4. The Morgan fingerprint density at radius 1 is 1.08 bits per heavy atom. The summed E-state index contributed by atoms with van der Waals surface area (Å²) in [5.74, 6) is 0.805. The molecule has 3 aromatic rings. The van der Waals surface area contributed by atoms with Gasteiger partial charge in [0.15, 0.2) is 17.3 Å². The zero-order chi connectivity index (χ0) is 18.1. The predicted molar refractivity (Wildman–Crippen MR) is 92.4 cm³/mol. The van der Waals surface area contributed by atoms with Gasteiger partial charge in [0, 0.05) is 5.56 Å². The number of fused-ring (bicyclic) bond motifs is 1. The minimum Gasteiger partial charge on any atom is -0.486 e. The number of ether oxygens (including phenoxy) is 2. The fourth-order valence-electron chi connectivity index (χ4n) is 2.59. The molecule has 0 saturated heterocycles. The third-order valence-electron chi connectivity index (χ3n) is 3.88. The van der Waals surface area contributed by atoms with Gasteiger partial charge in [0.25, 0.3) is 0 Å². The van der Waals surface area contributed by atoms with Gasteiger partial charge in [-0.25, -0.2) is 4.79 Å². The highest BCUT2D eigenvalue weighted by Crippen LogP contribution is 2.30. The average Bonchev–Trinajstić information content (AvgIpc) is 3.02. The molecule has 0 aliphatic carbocycles. The smallest absolute Gasteiger partial charge is 0.368 e. The van der Waals surface area contributed by atoms with Crippen LogP contribution in [-0.4, -0.2) is 38.8 Å². The van der Waals surface area contributed by atoms with E-state index in [1.807, 2.05) is 0 Å². The quantitative estimate of drug-likeness (QED) is 0.648. The lowest BCUT2D eigenvalue weighted by Crippen LogP contribution is -2.27. The highest BCUT2D eigenvalue weighted by atomic mass is 35.5. The van der Waals surface area contributed by atoms with Gasteiger partial charge in [-0.05, 0) is 40.8 Å². The van der Waals surface area contributed by atoms with E-state index in [9.17, 15) is 9.59 Å². The average molecular weight is 373 g/mol. The molecule has 0 unspecified atom stereocenters. The van der Waals surface area contributed by atoms with Crippen LogP contribution in [0.3, 0.4) is 0 Å². The molecule has 9 heteroatoms. The number of benzene rings is 2. The number of para-hydroxylation sites is 1. The van der Waals surface area contributed by atoms with Crippen LogP contribution in [0.4, 0.5) is 0 Å². The Balaban J connectivity index is 1.59. The number of rotatable bonds is 4. The fraction of sp³-hybridized carbons (Fsp3) is 0.176. The molecule has 1 aromatic heterocycles. The second-order valence-electron chi connectivity index (χ2n) is 5.56. The van der Waals surface area contributed by atoms with Crippen LogP contribution in [0, 0.1) is 0 Å². The number of ketones is 1. The number of hydrogen-bond donors (Lipinski definition) is 0. The van der Waals surface area contributed by atoms with Gasteiger partial charge >= 0.3 is 5.69 Å². The molecule has 8 nitrogen and oxygen atoms in total. The Morgan fingerprint density at radius 3 is 2.65 bits per heavy atom. The molecule has 2 heterocycles. The number of Topliss-reactive ketones (excluding diaryl/α,β-unsaturated/α-hetero) is 1. The van der Waals surface area contributed by atoms with Crippen molar-refractivity contribution in [2.75, 3.05) is 13.2 Å². The highest BCUT2D eigenvalue weighted by molar-refractivity contribution is 6.32. The van der Waals surface area contributed by atoms with E-state index in [-0.39, 0.29) is 12.3 Å². The molecule has 26 heavy (non-hydrogen) atoms. The molecule has 0 atom stereocenters. The maximum atomic E-state index is 12.5. The maximum Gasteiger partial charge on any atom is 0.368 e. The molecular formula is C17H13ClN4O4. The molecular weight excluding hydrogens is 360 g/mol. The van der Waals surface area contributed by atoms with Crippen molar-refractivity contribution in [3.8, 4) is 17.2 Å². The van der Waals surface area contributed by atoms with Crippen LogP contribution in [0.2, 0.25) is 5.02 Å². The van der Waals surface area contributed by atoms with E-state index in [2.05, 4.69) is 10.4 Å². The van der Waals surface area contributed by atoms with Gasteiger partial charge in [0.05, 0.1) is 10.7 Å². The lowest BCUT2D eigenvalue weighted by Gasteiger charge is -2.18. The standard InChI is InChI=1S/C17H13ClN4O4/c18-12-3-1-2-4-13(12)22-17(24)21(19-20-22)10-14(23)11-5-6-15-16(9-11)26-8-7-25-15/h1-6,9H,7-8,10H2. The second-order valence-corrected chi connectivity index (χ2v) is 5.97. The summed E-state index contributed by atoms with van der Waals surface area (Å²) in [5.41, 5.74) is 0.245. The second kappa shape index (κ2) is 6.64. The van der Waals surface area contributed by atoms with E-state index >= 15 is 0 Å². The van der Waals surface area contributed by atoms with Crippen molar-refractivity contribution in [2.45, 2.75) is 6.54 Å². The Hall–Kier alpha value is -3.13. The Kier molecular flexibility index (Phi) is 4.18. The van der Waals surface area contributed by atoms with Crippen LogP contribution >= 0.6 is 11.6 Å². The van der Waals surface area contributed by atoms with Crippen LogP contribution in [0.1, 0.15) is 10.4 Å². The molecule has 0 bridgehead atoms. The Bertz CT molecular complexity index is 1040. The summed E-state index contributed by atoms with van der Waals surface area (Å²) in [6.07, 6.45) is 0. The molecule has 1 aliphatic heterocycles. The molecule has 0 spiro atoms. The summed E-state index contributed by atoms with van der Waals surface area (Å²) in [7, 11) is 0. The van der Waals surface area contributed by atoms with Crippen molar-refractivity contribution in [3.63, 3.8) is 0 Å². The van der Waals surface area contributed by atoms with Crippen LogP contribution in [0.5, 0.6) is 11.5 Å². The third kappa shape index (κ3) is 2.95. The van der Waals surface area contributed by atoms with Gasteiger partial charge in [-0.1, -0.05) is 23.7 Å². The summed E-state index contributed by atoms with van der Waals surface area (Å²) in [4.78, 5) is 25.0. The first-order chi connectivity index (χ1) is 12.6. The van der Waals surface area contributed by atoms with E-state index in [1.54, 1.807) is 42.5 Å². The van der Waals surface area contributed by atoms with E-state index < -0.39 is 5.69 Å². The zero-order valence-corrected chi connectivity index (χ0v) is 14.2. The molecule has 0 amide bonds. The lowest BCUT2D eigenvalue weighted by molar-refractivity contribution is 0.0964. The van der Waals surface area contributed by atoms with Gasteiger partial charge < -0.3 is 9.47 Å². The minimum absolute atomic E-state index is 0.247. The van der Waals surface area contributed by atoms with E-state index in [4.69, 9.17) is 21.1 Å². The van der Waals surface area contributed by atoms with Crippen molar-refractivity contribution in [1.29, 1.82) is 0 Å². The lowest BCUT2D eigenvalue weighted by atomic mass is 10.1. The van der Waals surface area contributed by atoms with Crippen molar-refractivity contribution < 1.29 is 14.3 Å². The number of carbonyl (C=O) groups excluding carboxylic acids is 1. The van der Waals surface area contributed by atoms with E-state index in [1.165, 1.54) is 0 Å². The summed E-state index contributed by atoms with van der Waals surface area (Å²) < 4.78 is 12.9. The van der Waals surface area contributed by atoms with E-state index in [0.717, 1.165) is 9.36 Å². The van der Waals surface area contributed by atoms with Gasteiger partial charge in [-0.2, -0.15) is 9.36 Å². The largest absolute Gasteiger partial charge is 0.486 e. The molecule has 1 aliphatic rings. The number of tetrazole rings is 1. The molecule has 0 N–H and O–H groups in total. The Labute approximate surface area is 152 Å². The number of hydrogen-bond acceptors (Lipinski definition) is 6. The highest BCUT2D eigenvalue weighted by Gasteiger charge is 2.18. The van der Waals surface area contributed by atoms with E-state index in [0.29, 0.717) is 41.0 Å². The van der Waals surface area contributed by atoms with Gasteiger partial charge in [-0.15, -0.1) is 0 Å². The van der Waals surface area contributed by atoms with Crippen LogP contribution < -0.4 is 15.2 Å². The van der Waals surface area contributed by atoms with Gasteiger partial charge in [0.2, 0.25) is 0 Å². The number of nitrogens with zero attached hydrogens (tertiary/aromatic N) is 4. The Morgan fingerprint density at radius 2 is 1.85 bits per heavy atom. The molecule has 132 valence electrons. The molecule has 2 aromatic carbocycles. The van der Waals surface area contributed by atoms with Gasteiger partial charge in [-0.3, -0.25) is 4.79 Å².